The molecule has 0 unspecified atom stereocenters. The van der Waals surface area contributed by atoms with Crippen LogP contribution in [0.3, 0.4) is 0 Å². The van der Waals surface area contributed by atoms with Gasteiger partial charge in [-0.2, -0.15) is 0 Å². The van der Waals surface area contributed by atoms with E-state index in [-0.39, 0.29) is 5.02 Å². The summed E-state index contributed by atoms with van der Waals surface area (Å²) in [5.41, 5.74) is -0.666. The lowest BCUT2D eigenvalue weighted by Crippen LogP contribution is -2.43. The monoisotopic (exact) mass is 389 g/mol. The summed E-state index contributed by atoms with van der Waals surface area (Å²) < 4.78 is 40.3. The highest BCUT2D eigenvalue weighted by atomic mass is 35.5. The van der Waals surface area contributed by atoms with Gasteiger partial charge in [-0.15, -0.1) is 0 Å². The van der Waals surface area contributed by atoms with E-state index in [1.165, 1.54) is 6.07 Å². The predicted octanol–water partition coefficient (Wildman–Crippen LogP) is 3.92. The third-order valence-electron chi connectivity index (χ3n) is 3.52. The van der Waals surface area contributed by atoms with Crippen LogP contribution in [0.15, 0.2) is 47.4 Å². The van der Waals surface area contributed by atoms with Gasteiger partial charge in [0.05, 0.1) is 5.41 Å². The van der Waals surface area contributed by atoms with Crippen molar-refractivity contribution in [3.8, 4) is 0 Å². The van der Waals surface area contributed by atoms with E-state index in [4.69, 9.17) is 23.2 Å². The van der Waals surface area contributed by atoms with Gasteiger partial charge in [-0.05, 0) is 49.7 Å². The highest BCUT2D eigenvalue weighted by Crippen LogP contribution is 2.27. The Morgan fingerprint density at radius 3 is 2.29 bits per heavy atom. The Bertz CT molecular complexity index is 898. The SMILES string of the molecule is CC(C)(C(=O)NS(=O)(=O)c1ccc(Cl)cc1F)c1cccc(Cl)c1. The van der Waals surface area contributed by atoms with Gasteiger partial charge in [-0.3, -0.25) is 4.79 Å². The fourth-order valence-electron chi connectivity index (χ4n) is 2.01. The minimum atomic E-state index is -4.37. The smallest absolute Gasteiger partial charge is 0.266 e. The summed E-state index contributed by atoms with van der Waals surface area (Å²) in [6.45, 7) is 3.09. The third-order valence-corrected chi connectivity index (χ3v) is 5.36. The molecule has 24 heavy (non-hydrogen) atoms. The maximum atomic E-state index is 13.8. The predicted molar refractivity (Wildman–Crippen MR) is 91.2 cm³/mol. The van der Waals surface area contributed by atoms with E-state index < -0.39 is 32.1 Å². The van der Waals surface area contributed by atoms with Crippen molar-refractivity contribution >= 4 is 39.1 Å². The summed E-state index contributed by atoms with van der Waals surface area (Å²) in [6, 6.07) is 9.60. The van der Waals surface area contributed by atoms with Crippen LogP contribution in [-0.2, 0) is 20.2 Å². The first-order valence-corrected chi connectivity index (χ1v) is 9.06. The highest BCUT2D eigenvalue weighted by molar-refractivity contribution is 7.90. The molecule has 0 saturated heterocycles. The number of carbonyl (C=O) groups is 1. The molecule has 0 aliphatic heterocycles. The van der Waals surface area contributed by atoms with Gasteiger partial charge in [0.1, 0.15) is 10.7 Å². The molecule has 1 amide bonds. The second-order valence-electron chi connectivity index (χ2n) is 5.64. The molecule has 0 atom stereocenters. The second-order valence-corrected chi connectivity index (χ2v) is 8.17. The van der Waals surface area contributed by atoms with Gasteiger partial charge in [-0.25, -0.2) is 17.5 Å². The van der Waals surface area contributed by atoms with Crippen LogP contribution in [0.1, 0.15) is 19.4 Å². The van der Waals surface area contributed by atoms with E-state index in [1.54, 1.807) is 38.1 Å². The molecule has 1 N–H and O–H groups in total. The first-order chi connectivity index (χ1) is 11.0. The van der Waals surface area contributed by atoms with Crippen LogP contribution in [0.25, 0.3) is 0 Å². The van der Waals surface area contributed by atoms with E-state index >= 15 is 0 Å². The van der Waals surface area contributed by atoms with Gasteiger partial charge >= 0.3 is 0 Å². The fourth-order valence-corrected chi connectivity index (χ4v) is 3.53. The molecule has 0 spiro atoms. The number of nitrogens with one attached hydrogen (secondary N) is 1. The van der Waals surface area contributed by atoms with Crippen LogP contribution in [0.2, 0.25) is 10.0 Å². The van der Waals surface area contributed by atoms with Crippen LogP contribution < -0.4 is 4.72 Å². The van der Waals surface area contributed by atoms with Crippen molar-refractivity contribution in [3.05, 3.63) is 63.9 Å². The molecule has 0 aliphatic carbocycles. The number of sulfonamides is 1. The van der Waals surface area contributed by atoms with Gasteiger partial charge in [0.25, 0.3) is 10.0 Å². The summed E-state index contributed by atoms with van der Waals surface area (Å²) in [5, 5.41) is 0.469. The third kappa shape index (κ3) is 3.88. The van der Waals surface area contributed by atoms with Gasteiger partial charge < -0.3 is 0 Å². The van der Waals surface area contributed by atoms with Crippen LogP contribution in [0.5, 0.6) is 0 Å². The van der Waals surface area contributed by atoms with Crippen molar-refractivity contribution in [2.45, 2.75) is 24.2 Å². The zero-order valence-corrected chi connectivity index (χ0v) is 15.1. The molecule has 2 rings (SSSR count). The lowest BCUT2D eigenvalue weighted by atomic mass is 9.84. The Morgan fingerprint density at radius 1 is 1.08 bits per heavy atom. The number of halogens is 3. The molecule has 128 valence electrons. The molecule has 8 heteroatoms. The van der Waals surface area contributed by atoms with Gasteiger partial charge in [-0.1, -0.05) is 35.3 Å². The molecule has 2 aromatic rings. The van der Waals surface area contributed by atoms with Gasteiger partial charge in [0, 0.05) is 10.0 Å². The molecular weight excluding hydrogens is 376 g/mol. The molecule has 0 radical (unpaired) electrons. The Kier molecular flexibility index (Phi) is 5.22. The number of amides is 1. The highest BCUT2D eigenvalue weighted by Gasteiger charge is 2.34. The maximum absolute atomic E-state index is 13.8. The summed E-state index contributed by atoms with van der Waals surface area (Å²) >= 11 is 11.5. The average molecular weight is 390 g/mol. The first kappa shape index (κ1) is 18.7. The normalized spacial score (nSPS) is 12.0. The Balaban J connectivity index is 2.33. The molecule has 0 aliphatic rings. The van der Waals surface area contributed by atoms with Crippen LogP contribution in [0, 0.1) is 5.82 Å². The number of hydrogen-bond acceptors (Lipinski definition) is 3. The van der Waals surface area contributed by atoms with E-state index in [0.29, 0.717) is 10.6 Å². The molecular formula is C16H14Cl2FNO3S. The molecule has 4 nitrogen and oxygen atoms in total. The molecule has 0 heterocycles. The Morgan fingerprint density at radius 2 is 1.71 bits per heavy atom. The molecule has 0 saturated carbocycles. The van der Waals surface area contributed by atoms with Crippen LogP contribution in [-0.4, -0.2) is 14.3 Å². The minimum Gasteiger partial charge on any atom is -0.273 e. The number of benzene rings is 2. The summed E-state index contributed by atoms with van der Waals surface area (Å²) in [4.78, 5) is 11.8. The Hall–Kier alpha value is -1.63. The van der Waals surface area contributed by atoms with Gasteiger partial charge in [0.15, 0.2) is 0 Å². The molecule has 2 aromatic carbocycles. The van der Waals surface area contributed by atoms with E-state index in [1.807, 2.05) is 4.72 Å². The fraction of sp³-hybridized carbons (Fsp3) is 0.188. The average Bonchev–Trinajstić information content (AvgIpc) is 2.46. The standard InChI is InChI=1S/C16H14Cl2FNO3S/c1-16(2,10-4-3-5-11(17)8-10)15(21)20-24(22,23)14-7-6-12(18)9-13(14)19/h3-9H,1-2H3,(H,20,21). The van der Waals surface area contributed by atoms with Crippen LogP contribution >= 0.6 is 23.2 Å². The molecule has 0 fully saturated rings. The van der Waals surface area contributed by atoms with Crippen molar-refractivity contribution in [2.24, 2.45) is 0 Å². The first-order valence-electron chi connectivity index (χ1n) is 6.82. The van der Waals surface area contributed by atoms with Crippen LogP contribution in [0.4, 0.5) is 4.39 Å². The number of hydrogen-bond donors (Lipinski definition) is 1. The molecule has 0 aromatic heterocycles. The Labute approximate surface area is 149 Å². The van der Waals surface area contributed by atoms with Crippen molar-refractivity contribution < 1.29 is 17.6 Å². The zero-order chi connectivity index (χ0) is 18.1. The second kappa shape index (κ2) is 6.70. The van der Waals surface area contributed by atoms with Crippen molar-refractivity contribution in [2.75, 3.05) is 0 Å². The summed E-state index contributed by atoms with van der Waals surface area (Å²) in [5.74, 6) is -1.84. The van der Waals surface area contributed by atoms with E-state index in [2.05, 4.69) is 0 Å². The number of rotatable bonds is 4. The lowest BCUT2D eigenvalue weighted by molar-refractivity contribution is -0.123. The molecule has 0 bridgehead atoms. The lowest BCUT2D eigenvalue weighted by Gasteiger charge is -2.24. The maximum Gasteiger partial charge on any atom is 0.266 e. The zero-order valence-electron chi connectivity index (χ0n) is 12.8. The minimum absolute atomic E-state index is 0.0528. The van der Waals surface area contributed by atoms with E-state index in [9.17, 15) is 17.6 Å². The van der Waals surface area contributed by atoms with Crippen molar-refractivity contribution in [1.82, 2.24) is 4.72 Å². The van der Waals surface area contributed by atoms with E-state index in [0.717, 1.165) is 12.1 Å². The van der Waals surface area contributed by atoms with Crippen molar-refractivity contribution in [1.29, 1.82) is 0 Å². The summed E-state index contributed by atoms with van der Waals surface area (Å²) in [6.07, 6.45) is 0. The number of carbonyl (C=O) groups excluding carboxylic acids is 1. The van der Waals surface area contributed by atoms with Gasteiger partial charge in [0.2, 0.25) is 5.91 Å². The van der Waals surface area contributed by atoms with Crippen molar-refractivity contribution in [3.63, 3.8) is 0 Å². The largest absolute Gasteiger partial charge is 0.273 e. The summed E-state index contributed by atoms with van der Waals surface area (Å²) in [7, 11) is -4.37. The topological polar surface area (TPSA) is 63.2 Å². The quantitative estimate of drug-likeness (QED) is 0.861.